The Morgan fingerprint density at radius 2 is 1.38 bits per heavy atom. The van der Waals surface area contributed by atoms with Crippen molar-refractivity contribution in [3.05, 3.63) is 100 Å². The summed E-state index contributed by atoms with van der Waals surface area (Å²) in [5, 5.41) is 1.63. The fourth-order valence-electron chi connectivity index (χ4n) is 3.03. The van der Waals surface area contributed by atoms with Crippen LogP contribution in [0.3, 0.4) is 0 Å². The molecule has 1 aromatic heterocycles. The summed E-state index contributed by atoms with van der Waals surface area (Å²) in [6.07, 6.45) is 0. The largest absolute Gasteiger partial charge is 0.277 e. The van der Waals surface area contributed by atoms with Gasteiger partial charge in [0.25, 0.3) is 5.56 Å². The summed E-state index contributed by atoms with van der Waals surface area (Å²) in [7, 11) is 0. The maximum atomic E-state index is 12.9. The van der Waals surface area contributed by atoms with E-state index in [1.165, 1.54) is 0 Å². The maximum Gasteiger partial charge on any atom is 0.256 e. The van der Waals surface area contributed by atoms with Gasteiger partial charge in [-0.3, -0.25) is 9.36 Å². The summed E-state index contributed by atoms with van der Waals surface area (Å²) in [6, 6.07) is 26.8. The molecule has 0 saturated heterocycles. The Bertz CT molecular complexity index is 1080. The molecule has 0 aliphatic heterocycles. The van der Waals surface area contributed by atoms with Gasteiger partial charge in [-0.25, -0.2) is 0 Å². The number of rotatable bonds is 2. The van der Waals surface area contributed by atoms with E-state index in [4.69, 9.17) is 11.6 Å². The average Bonchev–Trinajstić information content (AvgIpc) is 2.62. The average molecular weight is 332 g/mol. The van der Waals surface area contributed by atoms with E-state index < -0.39 is 0 Å². The lowest BCUT2D eigenvalue weighted by molar-refractivity contribution is 1.04. The van der Waals surface area contributed by atoms with Gasteiger partial charge < -0.3 is 0 Å². The van der Waals surface area contributed by atoms with Crippen LogP contribution in [0, 0.1) is 0 Å². The van der Waals surface area contributed by atoms with E-state index in [0.29, 0.717) is 5.02 Å². The minimum atomic E-state index is -0.0742. The highest BCUT2D eigenvalue weighted by Gasteiger charge is 2.13. The van der Waals surface area contributed by atoms with Crippen molar-refractivity contribution in [1.29, 1.82) is 0 Å². The van der Waals surface area contributed by atoms with Crippen molar-refractivity contribution in [1.82, 2.24) is 4.57 Å². The van der Waals surface area contributed by atoms with Gasteiger partial charge in [0.2, 0.25) is 0 Å². The molecular weight excluding hydrogens is 318 g/mol. The van der Waals surface area contributed by atoms with Gasteiger partial charge in [0, 0.05) is 27.7 Å². The van der Waals surface area contributed by atoms with E-state index >= 15 is 0 Å². The number of hydrogen-bond donors (Lipinski definition) is 0. The highest BCUT2D eigenvalue weighted by molar-refractivity contribution is 6.33. The van der Waals surface area contributed by atoms with Crippen LogP contribution in [0.1, 0.15) is 0 Å². The van der Waals surface area contributed by atoms with Gasteiger partial charge in [-0.05, 0) is 29.8 Å². The third-order valence-corrected chi connectivity index (χ3v) is 4.43. The molecule has 1 heterocycles. The predicted octanol–water partition coefficient (Wildman–Crippen LogP) is 5.31. The van der Waals surface area contributed by atoms with Crippen LogP contribution in [-0.4, -0.2) is 4.57 Å². The van der Waals surface area contributed by atoms with Gasteiger partial charge in [0.15, 0.2) is 0 Å². The Kier molecular flexibility index (Phi) is 3.68. The Morgan fingerprint density at radius 3 is 2.17 bits per heavy atom. The fraction of sp³-hybridized carbons (Fsp3) is 0. The van der Waals surface area contributed by atoms with Crippen molar-refractivity contribution in [2.75, 3.05) is 0 Å². The van der Waals surface area contributed by atoms with E-state index in [1.54, 1.807) is 10.6 Å². The van der Waals surface area contributed by atoms with Gasteiger partial charge in [-0.15, -0.1) is 0 Å². The number of halogens is 1. The number of pyridine rings is 1. The van der Waals surface area contributed by atoms with Crippen molar-refractivity contribution >= 4 is 22.5 Å². The third kappa shape index (κ3) is 2.41. The molecule has 24 heavy (non-hydrogen) atoms. The second-order valence-electron chi connectivity index (χ2n) is 5.56. The maximum absolute atomic E-state index is 12.9. The van der Waals surface area contributed by atoms with Crippen LogP contribution in [0.4, 0.5) is 0 Å². The number of nitrogens with zero attached hydrogens (tertiary/aromatic N) is 1. The second-order valence-corrected chi connectivity index (χ2v) is 5.97. The molecule has 0 atom stereocenters. The molecule has 0 bridgehead atoms. The van der Waals surface area contributed by atoms with Gasteiger partial charge in [-0.1, -0.05) is 66.2 Å². The van der Waals surface area contributed by atoms with Gasteiger partial charge in [0.05, 0.1) is 5.52 Å². The summed E-state index contributed by atoms with van der Waals surface area (Å²) in [5.41, 5.74) is 3.37. The Labute approximate surface area is 144 Å². The molecule has 4 aromatic rings. The van der Waals surface area contributed by atoms with Crippen molar-refractivity contribution in [3.8, 4) is 16.8 Å². The second kappa shape index (κ2) is 5.99. The van der Waals surface area contributed by atoms with Crippen molar-refractivity contribution in [2.24, 2.45) is 0 Å². The van der Waals surface area contributed by atoms with Gasteiger partial charge >= 0.3 is 0 Å². The topological polar surface area (TPSA) is 22.0 Å². The molecule has 3 heteroatoms. The zero-order valence-electron chi connectivity index (χ0n) is 12.8. The summed E-state index contributed by atoms with van der Waals surface area (Å²) in [6.45, 7) is 0. The molecule has 0 aliphatic carbocycles. The van der Waals surface area contributed by atoms with Crippen LogP contribution >= 0.6 is 11.6 Å². The normalized spacial score (nSPS) is 10.9. The summed E-state index contributed by atoms with van der Waals surface area (Å²) in [4.78, 5) is 12.9. The number of hydrogen-bond acceptors (Lipinski definition) is 1. The van der Waals surface area contributed by atoms with Gasteiger partial charge in [0.1, 0.15) is 0 Å². The zero-order chi connectivity index (χ0) is 16.5. The first-order valence-corrected chi connectivity index (χ1v) is 8.08. The van der Waals surface area contributed by atoms with E-state index in [1.807, 2.05) is 78.9 Å². The van der Waals surface area contributed by atoms with Crippen molar-refractivity contribution in [3.63, 3.8) is 0 Å². The van der Waals surface area contributed by atoms with E-state index in [-0.39, 0.29) is 5.56 Å². The smallest absolute Gasteiger partial charge is 0.256 e. The first kappa shape index (κ1) is 14.7. The first-order valence-electron chi connectivity index (χ1n) is 7.71. The molecular formula is C21H14ClNO. The summed E-state index contributed by atoms with van der Waals surface area (Å²) < 4.78 is 1.73. The minimum Gasteiger partial charge on any atom is -0.277 e. The molecule has 0 amide bonds. The number of benzene rings is 3. The Balaban J connectivity index is 2.11. The van der Waals surface area contributed by atoms with Crippen molar-refractivity contribution < 1.29 is 0 Å². The third-order valence-electron chi connectivity index (χ3n) is 4.10. The molecule has 116 valence electrons. The molecule has 4 rings (SSSR count). The zero-order valence-corrected chi connectivity index (χ0v) is 13.6. The molecule has 0 fully saturated rings. The summed E-state index contributed by atoms with van der Waals surface area (Å²) in [5.74, 6) is 0. The molecule has 3 aromatic carbocycles. The van der Waals surface area contributed by atoms with Crippen LogP contribution in [0.25, 0.3) is 27.7 Å². The molecule has 0 saturated carbocycles. The SMILES string of the molecule is O=c1cc(-c2ccccc2Cl)c2ccccc2n1-c1ccccc1. The molecule has 0 radical (unpaired) electrons. The lowest BCUT2D eigenvalue weighted by atomic mass is 10.0. The van der Waals surface area contributed by atoms with Crippen LogP contribution in [0.2, 0.25) is 5.02 Å². The lowest BCUT2D eigenvalue weighted by Gasteiger charge is -2.14. The predicted molar refractivity (Wildman–Crippen MR) is 100.0 cm³/mol. The number of para-hydroxylation sites is 2. The molecule has 0 spiro atoms. The molecule has 0 N–H and O–H groups in total. The molecule has 2 nitrogen and oxygen atoms in total. The standard InChI is InChI=1S/C21H14ClNO/c22-19-12-6-4-10-16(19)18-14-21(24)23(15-8-2-1-3-9-15)20-13-7-5-11-17(18)20/h1-14H. The Morgan fingerprint density at radius 1 is 0.708 bits per heavy atom. The van der Waals surface area contributed by atoms with E-state index in [2.05, 4.69) is 0 Å². The van der Waals surface area contributed by atoms with Crippen LogP contribution in [0.15, 0.2) is 89.7 Å². The Hall–Kier alpha value is -2.84. The first-order chi connectivity index (χ1) is 11.8. The van der Waals surface area contributed by atoms with Crippen LogP contribution in [-0.2, 0) is 0 Å². The molecule has 0 unspecified atom stereocenters. The highest BCUT2D eigenvalue weighted by atomic mass is 35.5. The fourth-order valence-corrected chi connectivity index (χ4v) is 3.26. The van der Waals surface area contributed by atoms with E-state index in [9.17, 15) is 4.79 Å². The lowest BCUT2D eigenvalue weighted by Crippen LogP contribution is -2.18. The van der Waals surface area contributed by atoms with Gasteiger partial charge in [-0.2, -0.15) is 0 Å². The van der Waals surface area contributed by atoms with Crippen LogP contribution < -0.4 is 5.56 Å². The quantitative estimate of drug-likeness (QED) is 0.488. The molecule has 0 aliphatic rings. The minimum absolute atomic E-state index is 0.0742. The summed E-state index contributed by atoms with van der Waals surface area (Å²) >= 11 is 6.36. The number of fused-ring (bicyclic) bond motifs is 1. The monoisotopic (exact) mass is 331 g/mol. The number of aromatic nitrogens is 1. The highest BCUT2D eigenvalue weighted by Crippen LogP contribution is 2.32. The van der Waals surface area contributed by atoms with Crippen LogP contribution in [0.5, 0.6) is 0 Å². The van der Waals surface area contributed by atoms with Crippen molar-refractivity contribution in [2.45, 2.75) is 0 Å². The van der Waals surface area contributed by atoms with E-state index in [0.717, 1.165) is 27.7 Å².